The van der Waals surface area contributed by atoms with Gasteiger partial charge in [-0.2, -0.15) is 9.61 Å². The number of carbonyl (C=O) groups is 1. The van der Waals surface area contributed by atoms with Gasteiger partial charge in [0.15, 0.2) is 11.8 Å². The first-order valence-electron chi connectivity index (χ1n) is 11.2. The molecule has 0 aliphatic heterocycles. The molecule has 0 spiro atoms. The number of aliphatic carboxylic acids is 1. The second-order valence-electron chi connectivity index (χ2n) is 8.68. The van der Waals surface area contributed by atoms with Crippen LogP contribution >= 0.6 is 15.9 Å². The average molecular weight is 522 g/mol. The van der Waals surface area contributed by atoms with E-state index in [1.807, 2.05) is 48.7 Å². The van der Waals surface area contributed by atoms with Crippen LogP contribution in [0.15, 0.2) is 59.3 Å². The number of aromatic nitrogens is 4. The van der Waals surface area contributed by atoms with Gasteiger partial charge in [-0.05, 0) is 53.6 Å². The summed E-state index contributed by atoms with van der Waals surface area (Å²) in [4.78, 5) is 20.7. The van der Waals surface area contributed by atoms with Gasteiger partial charge in [-0.25, -0.2) is 9.78 Å². The van der Waals surface area contributed by atoms with Gasteiger partial charge in [0.05, 0.1) is 22.1 Å². The summed E-state index contributed by atoms with van der Waals surface area (Å²) < 4.78 is 2.32. The topological polar surface area (TPSA) is 127 Å². The van der Waals surface area contributed by atoms with E-state index < -0.39 is 12.1 Å². The lowest BCUT2D eigenvalue weighted by Gasteiger charge is -2.30. The van der Waals surface area contributed by atoms with E-state index in [1.165, 1.54) is 0 Å². The third kappa shape index (κ3) is 4.05. The fraction of sp³-hybridized carbons (Fsp3) is 0.280. The number of nitrogens with zero attached hydrogens (tertiary/aromatic N) is 4. The van der Waals surface area contributed by atoms with Crippen molar-refractivity contribution in [3.63, 3.8) is 0 Å². The molecule has 0 saturated heterocycles. The molecule has 3 aromatic heterocycles. The first-order chi connectivity index (χ1) is 16.4. The van der Waals surface area contributed by atoms with Crippen LogP contribution in [0.1, 0.15) is 37.3 Å². The van der Waals surface area contributed by atoms with Gasteiger partial charge in [-0.3, -0.25) is 4.98 Å². The van der Waals surface area contributed by atoms with Crippen LogP contribution in [0.25, 0.3) is 28.0 Å². The van der Waals surface area contributed by atoms with E-state index >= 15 is 0 Å². The zero-order valence-electron chi connectivity index (χ0n) is 18.3. The van der Waals surface area contributed by atoms with Crippen molar-refractivity contribution in [3.8, 4) is 22.4 Å². The maximum Gasteiger partial charge on any atom is 0.332 e. The lowest BCUT2D eigenvalue weighted by atomic mass is 9.78. The Balaban J connectivity index is 1.46. The molecule has 9 heteroatoms. The number of fused-ring (bicyclic) bond motifs is 1. The van der Waals surface area contributed by atoms with Crippen LogP contribution in [0.5, 0.6) is 0 Å². The Hall–Kier alpha value is -3.30. The number of carboxylic acid groups (broad SMARTS) is 1. The maximum atomic E-state index is 11.1. The highest BCUT2D eigenvalue weighted by atomic mass is 79.9. The minimum Gasteiger partial charge on any atom is -0.479 e. The number of nitrogens with two attached hydrogens (primary N) is 1. The number of aliphatic hydroxyl groups is 1. The summed E-state index contributed by atoms with van der Waals surface area (Å²) in [7, 11) is 0. The lowest BCUT2D eigenvalue weighted by Crippen LogP contribution is -2.32. The number of hydrogen-bond donors (Lipinski definition) is 3. The fourth-order valence-corrected chi connectivity index (χ4v) is 5.31. The van der Waals surface area contributed by atoms with Crippen molar-refractivity contribution in [2.45, 2.75) is 37.7 Å². The van der Waals surface area contributed by atoms with Crippen LogP contribution in [0, 0.1) is 5.92 Å². The Bertz CT molecular complexity index is 1330. The molecular formula is C25H24BrN5O3. The molecule has 3 heterocycles. The molecule has 1 saturated carbocycles. The predicted octanol–water partition coefficient (Wildman–Crippen LogP) is 4.52. The summed E-state index contributed by atoms with van der Waals surface area (Å²) in [5.41, 5.74) is 11.6. The molecule has 1 atom stereocenters. The molecule has 5 rings (SSSR count). The van der Waals surface area contributed by atoms with Crippen molar-refractivity contribution in [1.29, 1.82) is 0 Å². The SMILES string of the molecule is Nc1c(Br)c([C@H]2CC[C@@H](C(O)C(=O)O)CC2)nc2c(-c3ccc(-c4ccccc4)nc3)cnn12. The molecule has 1 fully saturated rings. The smallest absolute Gasteiger partial charge is 0.332 e. The number of aliphatic hydroxyl groups excluding tert-OH is 1. The van der Waals surface area contributed by atoms with Crippen molar-refractivity contribution in [2.75, 3.05) is 5.73 Å². The van der Waals surface area contributed by atoms with Crippen LogP contribution in [-0.2, 0) is 4.79 Å². The van der Waals surface area contributed by atoms with Crippen LogP contribution in [0.2, 0.25) is 0 Å². The lowest BCUT2D eigenvalue weighted by molar-refractivity contribution is -0.150. The molecule has 4 aromatic rings. The molecule has 4 N–H and O–H groups in total. The molecular weight excluding hydrogens is 498 g/mol. The number of benzene rings is 1. The Morgan fingerprint density at radius 2 is 1.79 bits per heavy atom. The number of rotatable bonds is 5. The number of hydrogen-bond acceptors (Lipinski definition) is 6. The minimum absolute atomic E-state index is 0.111. The van der Waals surface area contributed by atoms with Gasteiger partial charge in [0.2, 0.25) is 0 Å². The van der Waals surface area contributed by atoms with Gasteiger partial charge in [-0.15, -0.1) is 0 Å². The van der Waals surface area contributed by atoms with Crippen LogP contribution in [0.4, 0.5) is 5.82 Å². The third-order valence-electron chi connectivity index (χ3n) is 6.65. The quantitative estimate of drug-likeness (QED) is 0.352. The predicted molar refractivity (Wildman–Crippen MR) is 132 cm³/mol. The number of halogens is 1. The highest BCUT2D eigenvalue weighted by Crippen LogP contribution is 2.41. The highest BCUT2D eigenvalue weighted by Gasteiger charge is 2.33. The van der Waals surface area contributed by atoms with E-state index in [1.54, 1.807) is 10.7 Å². The first-order valence-corrected chi connectivity index (χ1v) is 12.0. The highest BCUT2D eigenvalue weighted by molar-refractivity contribution is 9.10. The molecule has 1 aromatic carbocycles. The Morgan fingerprint density at radius 1 is 1.06 bits per heavy atom. The normalized spacial score (nSPS) is 19.2. The zero-order valence-corrected chi connectivity index (χ0v) is 19.9. The standard InChI is InChI=1S/C25H24BrN5O3/c26-20-21(15-6-8-16(9-7-15)22(32)25(33)34)30-24-18(13-29-31(24)23(20)27)17-10-11-19(28-12-17)14-4-2-1-3-5-14/h1-5,10-13,15-16,22,32H,6-9,27H2,(H,33,34)/t15-,16+,22?. The van der Waals surface area contributed by atoms with Crippen LogP contribution < -0.4 is 5.73 Å². The third-order valence-corrected chi connectivity index (χ3v) is 7.46. The number of carboxylic acids is 1. The number of pyridine rings is 1. The van der Waals surface area contributed by atoms with Crippen LogP contribution in [0.3, 0.4) is 0 Å². The van der Waals surface area contributed by atoms with E-state index in [0.717, 1.165) is 40.9 Å². The molecule has 0 amide bonds. The van der Waals surface area contributed by atoms with Gasteiger partial charge >= 0.3 is 5.97 Å². The van der Waals surface area contributed by atoms with Gasteiger partial charge in [0.1, 0.15) is 5.82 Å². The van der Waals surface area contributed by atoms with Crippen molar-refractivity contribution < 1.29 is 15.0 Å². The molecule has 1 aliphatic rings. The van der Waals surface area contributed by atoms with Gasteiger partial charge < -0.3 is 15.9 Å². The maximum absolute atomic E-state index is 11.1. The molecule has 174 valence electrons. The summed E-state index contributed by atoms with van der Waals surface area (Å²) in [5.74, 6) is -0.828. The number of nitrogen functional groups attached to an aromatic ring is 1. The Morgan fingerprint density at radius 3 is 2.44 bits per heavy atom. The summed E-state index contributed by atoms with van der Waals surface area (Å²) in [6, 6.07) is 14.0. The van der Waals surface area contributed by atoms with E-state index in [9.17, 15) is 9.90 Å². The fourth-order valence-electron chi connectivity index (χ4n) is 4.73. The van der Waals surface area contributed by atoms with Crippen LogP contribution in [-0.4, -0.2) is 41.9 Å². The second kappa shape index (κ2) is 9.15. The monoisotopic (exact) mass is 521 g/mol. The van der Waals surface area contributed by atoms with E-state index in [-0.39, 0.29) is 11.8 Å². The second-order valence-corrected chi connectivity index (χ2v) is 9.48. The van der Waals surface area contributed by atoms with E-state index in [0.29, 0.717) is 28.8 Å². The summed E-state index contributed by atoms with van der Waals surface area (Å²) in [6.07, 6.45) is 4.94. The van der Waals surface area contributed by atoms with Crippen molar-refractivity contribution in [3.05, 3.63) is 65.0 Å². The van der Waals surface area contributed by atoms with E-state index in [4.69, 9.17) is 15.8 Å². The van der Waals surface area contributed by atoms with Crippen molar-refractivity contribution >= 4 is 33.4 Å². The summed E-state index contributed by atoms with van der Waals surface area (Å²) in [5, 5.41) is 23.5. The molecule has 34 heavy (non-hydrogen) atoms. The first kappa shape index (κ1) is 22.5. The van der Waals surface area contributed by atoms with Crippen molar-refractivity contribution in [1.82, 2.24) is 19.6 Å². The number of anilines is 1. The average Bonchev–Trinajstić information content (AvgIpc) is 3.30. The molecule has 1 aliphatic carbocycles. The Labute approximate surface area is 204 Å². The van der Waals surface area contributed by atoms with Gasteiger partial charge in [0.25, 0.3) is 0 Å². The van der Waals surface area contributed by atoms with E-state index in [2.05, 4.69) is 26.0 Å². The van der Waals surface area contributed by atoms with Crippen molar-refractivity contribution in [2.24, 2.45) is 5.92 Å². The largest absolute Gasteiger partial charge is 0.479 e. The minimum atomic E-state index is -1.32. The Kier molecular flexibility index (Phi) is 6.05. The van der Waals surface area contributed by atoms with Gasteiger partial charge in [0, 0.05) is 28.8 Å². The summed E-state index contributed by atoms with van der Waals surface area (Å²) >= 11 is 3.60. The molecule has 0 bridgehead atoms. The summed E-state index contributed by atoms with van der Waals surface area (Å²) in [6.45, 7) is 0. The molecule has 0 radical (unpaired) electrons. The molecule has 1 unspecified atom stereocenters. The van der Waals surface area contributed by atoms with Gasteiger partial charge in [-0.1, -0.05) is 36.4 Å². The molecule has 8 nitrogen and oxygen atoms in total. The zero-order chi connectivity index (χ0) is 23.8.